The number of aliphatic carboxylic acids is 2. The van der Waals surface area contributed by atoms with Gasteiger partial charge in [-0.05, 0) is 57.8 Å². The lowest BCUT2D eigenvalue weighted by atomic mass is 10.1. The van der Waals surface area contributed by atoms with E-state index in [0.717, 1.165) is 57.4 Å². The first-order valence-electron chi connectivity index (χ1n) is 15.9. The summed E-state index contributed by atoms with van der Waals surface area (Å²) >= 11 is 0. The second-order valence-electron chi connectivity index (χ2n) is 9.83. The lowest BCUT2D eigenvalue weighted by Crippen LogP contribution is -1.92. The molecule has 0 rings (SSSR count). The summed E-state index contributed by atoms with van der Waals surface area (Å²) < 4.78 is 0. The van der Waals surface area contributed by atoms with Crippen LogP contribution in [0.1, 0.15) is 117 Å². The fourth-order valence-corrected chi connectivity index (χ4v) is 3.55. The number of carboxylic acid groups (broad SMARTS) is 2. The monoisotopic (exact) mass is 578 g/mol. The Morgan fingerprint density at radius 1 is 0.476 bits per heavy atom. The predicted molar refractivity (Wildman–Crippen MR) is 183 cm³/mol. The van der Waals surface area contributed by atoms with E-state index in [9.17, 15) is 9.59 Å². The molecule has 0 aliphatic rings. The Balaban J connectivity index is 0. The van der Waals surface area contributed by atoms with Crippen LogP contribution < -0.4 is 0 Å². The molecule has 0 atom stereocenters. The molecule has 0 aromatic heterocycles. The third-order valence-electron chi connectivity index (χ3n) is 5.86. The highest BCUT2D eigenvalue weighted by Crippen LogP contribution is 2.08. The Labute approximate surface area is 257 Å². The van der Waals surface area contributed by atoms with Crippen molar-refractivity contribution in [1.29, 1.82) is 0 Å². The standard InChI is InChI=1S/C20H30O2.C18H28O2/c1-2-3-4-5-6-7-8-9-10-11-12-13-14-15-16-17-18-19-20(21)22;1-2-3-4-5-6-7-8-9-10-11-12-13-14-15-16-17-18(19)20/h10-19H,2-9H2,1H3,(H,21,22);3-4,6-7,9-10,12-13H,2,5,8,11,14-17H2,1H3,(H,19,20)/b;4-3-,7-6-,10-9-,13-12-. The van der Waals surface area contributed by atoms with Crippen molar-refractivity contribution in [2.45, 2.75) is 117 Å². The molecule has 0 saturated carbocycles. The van der Waals surface area contributed by atoms with E-state index in [0.29, 0.717) is 0 Å². The van der Waals surface area contributed by atoms with Gasteiger partial charge in [-0.2, -0.15) is 0 Å². The third-order valence-corrected chi connectivity index (χ3v) is 5.86. The Bertz CT molecular complexity index is 879. The predicted octanol–water partition coefficient (Wildman–Crippen LogP) is 11.4. The van der Waals surface area contributed by atoms with Crippen LogP contribution in [0.2, 0.25) is 0 Å². The normalized spacial score (nSPS) is 12.6. The van der Waals surface area contributed by atoms with Crippen LogP contribution in [0.4, 0.5) is 0 Å². The zero-order valence-corrected chi connectivity index (χ0v) is 26.4. The molecule has 42 heavy (non-hydrogen) atoms. The van der Waals surface area contributed by atoms with Crippen LogP contribution in [0.5, 0.6) is 0 Å². The van der Waals surface area contributed by atoms with Crippen molar-refractivity contribution >= 4 is 11.9 Å². The highest BCUT2D eigenvalue weighted by molar-refractivity contribution is 5.80. The van der Waals surface area contributed by atoms with Crippen LogP contribution in [0, 0.1) is 0 Å². The van der Waals surface area contributed by atoms with Crippen molar-refractivity contribution < 1.29 is 19.8 Å². The molecular formula is C38H58O4. The first-order valence-corrected chi connectivity index (χ1v) is 15.9. The Kier molecular flexibility index (Phi) is 36.5. The van der Waals surface area contributed by atoms with Gasteiger partial charge in [0.1, 0.15) is 0 Å². The number of rotatable bonds is 25. The fourth-order valence-electron chi connectivity index (χ4n) is 3.55. The minimum atomic E-state index is -0.931. The number of allylic oxidation sites excluding steroid dienone is 17. The number of hydrogen-bond donors (Lipinski definition) is 2. The summed E-state index contributed by atoms with van der Waals surface area (Å²) in [5.74, 6) is -1.63. The molecule has 234 valence electrons. The average molecular weight is 579 g/mol. The van der Waals surface area contributed by atoms with Crippen LogP contribution in [0.15, 0.2) is 109 Å². The van der Waals surface area contributed by atoms with Gasteiger partial charge in [0.2, 0.25) is 0 Å². The van der Waals surface area contributed by atoms with E-state index in [-0.39, 0.29) is 6.42 Å². The van der Waals surface area contributed by atoms with Crippen molar-refractivity contribution in [3.05, 3.63) is 109 Å². The molecule has 0 aromatic rings. The summed E-state index contributed by atoms with van der Waals surface area (Å²) in [4.78, 5) is 20.5. The minimum Gasteiger partial charge on any atom is -0.481 e. The van der Waals surface area contributed by atoms with E-state index in [2.05, 4.69) is 74.6 Å². The fraction of sp³-hybridized carbons (Fsp3) is 0.474. The van der Waals surface area contributed by atoms with E-state index in [4.69, 9.17) is 10.2 Å². The number of unbranched alkanes of at least 4 members (excludes halogenated alkanes) is 9. The van der Waals surface area contributed by atoms with Gasteiger partial charge in [0.05, 0.1) is 0 Å². The maximum Gasteiger partial charge on any atom is 0.328 e. The van der Waals surface area contributed by atoms with Gasteiger partial charge in [0.25, 0.3) is 0 Å². The number of carbonyl (C=O) groups is 2. The Morgan fingerprint density at radius 3 is 1.48 bits per heavy atom. The van der Waals surface area contributed by atoms with Gasteiger partial charge >= 0.3 is 11.9 Å². The van der Waals surface area contributed by atoms with Crippen molar-refractivity contribution in [1.82, 2.24) is 0 Å². The molecule has 4 nitrogen and oxygen atoms in total. The van der Waals surface area contributed by atoms with Gasteiger partial charge < -0.3 is 10.2 Å². The second-order valence-corrected chi connectivity index (χ2v) is 9.83. The zero-order valence-electron chi connectivity index (χ0n) is 26.4. The van der Waals surface area contributed by atoms with Crippen molar-refractivity contribution in [3.8, 4) is 0 Å². The molecule has 0 aromatic carbocycles. The molecule has 0 heterocycles. The molecule has 0 saturated heterocycles. The SMILES string of the molecule is CC/C=C\C/C=C\C/C=C\C/C=C\CCCCC(=O)O.CCCCCCCCCC=CC=CC=CC=CC=CC(=O)O. The molecule has 0 bridgehead atoms. The number of carboxylic acids is 2. The second kappa shape index (κ2) is 37.6. The smallest absolute Gasteiger partial charge is 0.328 e. The lowest BCUT2D eigenvalue weighted by molar-refractivity contribution is -0.137. The van der Waals surface area contributed by atoms with Crippen LogP contribution in [0.3, 0.4) is 0 Å². The average Bonchev–Trinajstić information content (AvgIpc) is 2.97. The Morgan fingerprint density at radius 2 is 0.929 bits per heavy atom. The van der Waals surface area contributed by atoms with Gasteiger partial charge in [0.15, 0.2) is 0 Å². The van der Waals surface area contributed by atoms with Gasteiger partial charge in [-0.25, -0.2) is 4.79 Å². The highest BCUT2D eigenvalue weighted by Gasteiger charge is 1.94. The molecule has 0 aliphatic carbocycles. The minimum absolute atomic E-state index is 0.285. The molecule has 4 heteroatoms. The van der Waals surface area contributed by atoms with Gasteiger partial charge in [-0.3, -0.25) is 4.79 Å². The van der Waals surface area contributed by atoms with Crippen LogP contribution in [-0.4, -0.2) is 22.2 Å². The van der Waals surface area contributed by atoms with Gasteiger partial charge in [-0.1, -0.05) is 156 Å². The number of hydrogen-bond acceptors (Lipinski definition) is 2. The van der Waals surface area contributed by atoms with Crippen LogP contribution in [-0.2, 0) is 9.59 Å². The largest absolute Gasteiger partial charge is 0.481 e. The van der Waals surface area contributed by atoms with E-state index < -0.39 is 11.9 Å². The van der Waals surface area contributed by atoms with Crippen LogP contribution in [0.25, 0.3) is 0 Å². The van der Waals surface area contributed by atoms with E-state index in [1.165, 1.54) is 51.0 Å². The van der Waals surface area contributed by atoms with E-state index >= 15 is 0 Å². The Hall–Kier alpha value is -3.40. The summed E-state index contributed by atoms with van der Waals surface area (Å²) in [5, 5.41) is 16.9. The molecule has 0 radical (unpaired) electrons. The molecular weight excluding hydrogens is 520 g/mol. The first-order chi connectivity index (χ1) is 20.5. The third kappa shape index (κ3) is 43.6. The van der Waals surface area contributed by atoms with E-state index in [1.807, 2.05) is 24.3 Å². The topological polar surface area (TPSA) is 74.6 Å². The summed E-state index contributed by atoms with van der Waals surface area (Å²) in [6.07, 6.45) is 53.2. The van der Waals surface area contributed by atoms with Crippen molar-refractivity contribution in [2.24, 2.45) is 0 Å². The molecule has 0 fully saturated rings. The zero-order chi connectivity index (χ0) is 31.2. The maximum atomic E-state index is 10.3. The summed E-state index contributed by atoms with van der Waals surface area (Å²) in [6, 6.07) is 0. The van der Waals surface area contributed by atoms with Gasteiger partial charge in [0, 0.05) is 12.5 Å². The quantitative estimate of drug-likeness (QED) is 0.0489. The summed E-state index contributed by atoms with van der Waals surface area (Å²) in [5.41, 5.74) is 0. The van der Waals surface area contributed by atoms with E-state index in [1.54, 1.807) is 12.2 Å². The molecule has 0 unspecified atom stereocenters. The first kappa shape index (κ1) is 40.7. The maximum absolute atomic E-state index is 10.3. The lowest BCUT2D eigenvalue weighted by Gasteiger charge is -1.98. The van der Waals surface area contributed by atoms with Crippen LogP contribution >= 0.6 is 0 Å². The molecule has 0 amide bonds. The summed E-state index contributed by atoms with van der Waals surface area (Å²) in [6.45, 7) is 4.39. The molecule has 2 N–H and O–H groups in total. The molecule has 0 spiro atoms. The van der Waals surface area contributed by atoms with Crippen molar-refractivity contribution in [3.63, 3.8) is 0 Å². The van der Waals surface area contributed by atoms with Crippen molar-refractivity contribution in [2.75, 3.05) is 0 Å². The van der Waals surface area contributed by atoms with Gasteiger partial charge in [-0.15, -0.1) is 0 Å². The summed E-state index contributed by atoms with van der Waals surface area (Å²) in [7, 11) is 0. The molecule has 0 aliphatic heterocycles. The highest BCUT2D eigenvalue weighted by atomic mass is 16.4.